The zero-order chi connectivity index (χ0) is 11.5. The highest BCUT2D eigenvalue weighted by Crippen LogP contribution is 2.16. The van der Waals surface area contributed by atoms with Crippen molar-refractivity contribution in [3.05, 3.63) is 11.9 Å². The second-order valence-corrected chi connectivity index (χ2v) is 3.54. The van der Waals surface area contributed by atoms with E-state index in [0.717, 1.165) is 0 Å². The Morgan fingerprint density at radius 1 is 1.53 bits per heavy atom. The molecule has 2 N–H and O–H groups in total. The number of rotatable bonds is 5. The molecule has 0 amide bonds. The maximum Gasteiger partial charge on any atom is 0.358 e. The number of nitrogens with zero attached hydrogens (tertiary/aromatic N) is 3. The first-order valence-electron chi connectivity index (χ1n) is 4.86. The van der Waals surface area contributed by atoms with E-state index in [2.05, 4.69) is 10.3 Å². The SMILES string of the molecule is CCC(O)(CC)Cn1cc(C(=O)O)nn1. The lowest BCUT2D eigenvalue weighted by Gasteiger charge is -2.24. The monoisotopic (exact) mass is 213 g/mol. The Bertz CT molecular complexity index is 344. The first-order chi connectivity index (χ1) is 7.00. The maximum absolute atomic E-state index is 10.5. The van der Waals surface area contributed by atoms with E-state index in [1.54, 1.807) is 0 Å². The molecule has 1 aromatic heterocycles. The van der Waals surface area contributed by atoms with E-state index in [0.29, 0.717) is 12.8 Å². The van der Waals surface area contributed by atoms with Gasteiger partial charge >= 0.3 is 5.97 Å². The number of aromatic nitrogens is 3. The summed E-state index contributed by atoms with van der Waals surface area (Å²) >= 11 is 0. The van der Waals surface area contributed by atoms with Crippen molar-refractivity contribution in [1.82, 2.24) is 15.0 Å². The van der Waals surface area contributed by atoms with E-state index < -0.39 is 11.6 Å². The minimum absolute atomic E-state index is 0.107. The average Bonchev–Trinajstić information content (AvgIpc) is 2.66. The van der Waals surface area contributed by atoms with Crippen LogP contribution in [0.4, 0.5) is 0 Å². The van der Waals surface area contributed by atoms with Crippen molar-refractivity contribution in [2.75, 3.05) is 0 Å². The fourth-order valence-electron chi connectivity index (χ4n) is 1.25. The summed E-state index contributed by atoms with van der Waals surface area (Å²) in [6.07, 6.45) is 2.50. The summed E-state index contributed by atoms with van der Waals surface area (Å²) in [5.74, 6) is -1.11. The van der Waals surface area contributed by atoms with Crippen LogP contribution < -0.4 is 0 Å². The minimum atomic E-state index is -1.11. The van der Waals surface area contributed by atoms with Gasteiger partial charge in [-0.25, -0.2) is 9.48 Å². The molecule has 6 heteroatoms. The van der Waals surface area contributed by atoms with Crippen LogP contribution in [0.2, 0.25) is 0 Å². The highest BCUT2D eigenvalue weighted by molar-refractivity contribution is 5.84. The second-order valence-electron chi connectivity index (χ2n) is 3.54. The summed E-state index contributed by atoms with van der Waals surface area (Å²) in [6, 6.07) is 0. The van der Waals surface area contributed by atoms with Crippen LogP contribution in [0.3, 0.4) is 0 Å². The summed E-state index contributed by atoms with van der Waals surface area (Å²) in [5.41, 5.74) is -0.951. The van der Waals surface area contributed by atoms with Crippen molar-refractivity contribution in [3.63, 3.8) is 0 Å². The lowest BCUT2D eigenvalue weighted by molar-refractivity contribution is 0.0114. The number of hydrogen-bond acceptors (Lipinski definition) is 4. The van der Waals surface area contributed by atoms with E-state index in [9.17, 15) is 9.90 Å². The molecule has 0 atom stereocenters. The van der Waals surface area contributed by atoms with Crippen LogP contribution in [-0.4, -0.2) is 36.8 Å². The second kappa shape index (κ2) is 4.39. The van der Waals surface area contributed by atoms with Gasteiger partial charge in [-0.2, -0.15) is 0 Å². The fourth-order valence-corrected chi connectivity index (χ4v) is 1.25. The summed E-state index contributed by atoms with van der Waals surface area (Å²) in [7, 11) is 0. The summed E-state index contributed by atoms with van der Waals surface area (Å²) in [4.78, 5) is 10.5. The van der Waals surface area contributed by atoms with Gasteiger partial charge < -0.3 is 10.2 Å². The highest BCUT2D eigenvalue weighted by atomic mass is 16.4. The standard InChI is InChI=1S/C9H15N3O3/c1-3-9(15,4-2)6-12-5-7(8(13)14)10-11-12/h5,15H,3-4,6H2,1-2H3,(H,13,14). The average molecular weight is 213 g/mol. The van der Waals surface area contributed by atoms with Crippen LogP contribution in [0, 0.1) is 0 Å². The molecule has 6 nitrogen and oxygen atoms in total. The van der Waals surface area contributed by atoms with Crippen LogP contribution in [0.1, 0.15) is 37.2 Å². The third-order valence-electron chi connectivity index (χ3n) is 2.53. The molecule has 0 aliphatic heterocycles. The Hall–Kier alpha value is -1.43. The molecule has 0 saturated carbocycles. The number of aliphatic hydroxyl groups is 1. The Balaban J connectivity index is 2.76. The number of carboxylic acids is 1. The summed E-state index contributed by atoms with van der Waals surface area (Å²) in [6.45, 7) is 4.01. The largest absolute Gasteiger partial charge is 0.476 e. The van der Waals surface area contributed by atoms with Crippen molar-refractivity contribution in [2.45, 2.75) is 38.8 Å². The molecule has 0 saturated heterocycles. The van der Waals surface area contributed by atoms with Crippen molar-refractivity contribution in [1.29, 1.82) is 0 Å². The molecule has 1 aromatic rings. The lowest BCUT2D eigenvalue weighted by atomic mass is 9.98. The zero-order valence-corrected chi connectivity index (χ0v) is 8.84. The van der Waals surface area contributed by atoms with Crippen molar-refractivity contribution in [2.24, 2.45) is 0 Å². The molecule has 84 valence electrons. The first-order valence-corrected chi connectivity index (χ1v) is 4.86. The number of carbonyl (C=O) groups is 1. The van der Waals surface area contributed by atoms with Gasteiger partial charge in [0.05, 0.1) is 18.3 Å². The van der Waals surface area contributed by atoms with Crippen LogP contribution in [-0.2, 0) is 6.54 Å². The minimum Gasteiger partial charge on any atom is -0.476 e. The zero-order valence-electron chi connectivity index (χ0n) is 8.84. The predicted molar refractivity (Wildman–Crippen MR) is 52.5 cm³/mol. The molecule has 1 rings (SSSR count). The van der Waals surface area contributed by atoms with Crippen LogP contribution in [0.15, 0.2) is 6.20 Å². The topological polar surface area (TPSA) is 88.2 Å². The molecule has 0 unspecified atom stereocenters. The van der Waals surface area contributed by atoms with Crippen molar-refractivity contribution in [3.8, 4) is 0 Å². The Morgan fingerprint density at radius 2 is 2.13 bits per heavy atom. The molecule has 0 bridgehead atoms. The Morgan fingerprint density at radius 3 is 2.53 bits per heavy atom. The van der Waals surface area contributed by atoms with Gasteiger partial charge in [0, 0.05) is 0 Å². The highest BCUT2D eigenvalue weighted by Gasteiger charge is 2.23. The van der Waals surface area contributed by atoms with Gasteiger partial charge in [-0.3, -0.25) is 0 Å². The van der Waals surface area contributed by atoms with Gasteiger partial charge in [-0.05, 0) is 12.8 Å². The molecule has 15 heavy (non-hydrogen) atoms. The van der Waals surface area contributed by atoms with Crippen LogP contribution >= 0.6 is 0 Å². The van der Waals surface area contributed by atoms with Crippen molar-refractivity contribution < 1.29 is 15.0 Å². The quantitative estimate of drug-likeness (QED) is 0.744. The van der Waals surface area contributed by atoms with Crippen LogP contribution in [0.5, 0.6) is 0 Å². The van der Waals surface area contributed by atoms with E-state index in [4.69, 9.17) is 5.11 Å². The molecule has 0 radical (unpaired) electrons. The summed E-state index contributed by atoms with van der Waals surface area (Å²) in [5, 5.41) is 25.7. The van der Waals surface area contributed by atoms with Gasteiger partial charge in [-0.1, -0.05) is 19.1 Å². The Labute approximate surface area is 87.5 Å². The molecule has 1 heterocycles. The number of hydrogen-bond donors (Lipinski definition) is 2. The van der Waals surface area contributed by atoms with Gasteiger partial charge in [0.2, 0.25) is 0 Å². The smallest absolute Gasteiger partial charge is 0.358 e. The van der Waals surface area contributed by atoms with E-state index in [-0.39, 0.29) is 12.2 Å². The molecule has 0 fully saturated rings. The molecule has 0 aliphatic rings. The fraction of sp³-hybridized carbons (Fsp3) is 0.667. The van der Waals surface area contributed by atoms with Crippen molar-refractivity contribution >= 4 is 5.97 Å². The third-order valence-corrected chi connectivity index (χ3v) is 2.53. The lowest BCUT2D eigenvalue weighted by Crippen LogP contribution is -2.32. The van der Waals surface area contributed by atoms with Crippen LogP contribution in [0.25, 0.3) is 0 Å². The Kier molecular flexibility index (Phi) is 3.41. The van der Waals surface area contributed by atoms with E-state index in [1.165, 1.54) is 10.9 Å². The van der Waals surface area contributed by atoms with Gasteiger partial charge in [0.25, 0.3) is 0 Å². The third kappa shape index (κ3) is 2.76. The molecule has 0 spiro atoms. The molecular formula is C9H15N3O3. The maximum atomic E-state index is 10.5. The van der Waals surface area contributed by atoms with Gasteiger partial charge in [-0.15, -0.1) is 5.10 Å². The molecule has 0 aliphatic carbocycles. The molecular weight excluding hydrogens is 198 g/mol. The predicted octanol–water partition coefficient (Wildman–Crippen LogP) is 0.527. The number of carboxylic acid groups (broad SMARTS) is 1. The molecule has 0 aromatic carbocycles. The van der Waals surface area contributed by atoms with Gasteiger partial charge in [0.1, 0.15) is 0 Å². The number of aromatic carboxylic acids is 1. The first kappa shape index (κ1) is 11.6. The van der Waals surface area contributed by atoms with E-state index in [1.807, 2.05) is 13.8 Å². The van der Waals surface area contributed by atoms with E-state index >= 15 is 0 Å². The summed E-state index contributed by atoms with van der Waals surface area (Å²) < 4.78 is 1.36. The van der Waals surface area contributed by atoms with Gasteiger partial charge in [0.15, 0.2) is 5.69 Å². The normalized spacial score (nSPS) is 11.7.